The maximum Gasteiger partial charge on any atom is 0.338 e. The van der Waals surface area contributed by atoms with Crippen molar-refractivity contribution < 1.29 is 19.1 Å². The molecule has 0 aliphatic rings. The summed E-state index contributed by atoms with van der Waals surface area (Å²) in [7, 11) is 0. The van der Waals surface area contributed by atoms with Gasteiger partial charge in [0.05, 0.1) is 18.8 Å². The first-order valence-corrected chi connectivity index (χ1v) is 7.75. The summed E-state index contributed by atoms with van der Waals surface area (Å²) in [6, 6.07) is 5.79. The molecule has 1 rings (SSSR count). The molecule has 22 heavy (non-hydrogen) atoms. The average molecular weight is 306 g/mol. The summed E-state index contributed by atoms with van der Waals surface area (Å²) in [6.45, 7) is 10.5. The Balaban J connectivity index is 3.04. The lowest BCUT2D eigenvalue weighted by Gasteiger charge is -2.21. The van der Waals surface area contributed by atoms with Crippen LogP contribution in [0, 0.1) is 0 Å². The van der Waals surface area contributed by atoms with E-state index in [1.807, 2.05) is 18.2 Å². The molecule has 0 aliphatic heterocycles. The summed E-state index contributed by atoms with van der Waals surface area (Å²) in [5, 5.41) is 0. The van der Waals surface area contributed by atoms with Gasteiger partial charge in [0.2, 0.25) is 0 Å². The van der Waals surface area contributed by atoms with Crippen LogP contribution >= 0.6 is 0 Å². The fraction of sp³-hybridized carbons (Fsp3) is 0.556. The summed E-state index contributed by atoms with van der Waals surface area (Å²) < 4.78 is 10.1. The first kappa shape index (κ1) is 18.2. The Labute approximate surface area is 132 Å². The van der Waals surface area contributed by atoms with E-state index in [0.717, 1.165) is 11.1 Å². The van der Waals surface area contributed by atoms with Crippen LogP contribution in [0.1, 0.15) is 62.5 Å². The molecule has 0 amide bonds. The third kappa shape index (κ3) is 5.17. The van der Waals surface area contributed by atoms with Crippen molar-refractivity contribution in [2.45, 2.75) is 52.9 Å². The largest absolute Gasteiger partial charge is 0.466 e. The van der Waals surface area contributed by atoms with Gasteiger partial charge in [0.1, 0.15) is 0 Å². The Morgan fingerprint density at radius 3 is 2.23 bits per heavy atom. The van der Waals surface area contributed by atoms with Gasteiger partial charge in [0.15, 0.2) is 0 Å². The van der Waals surface area contributed by atoms with Crippen molar-refractivity contribution in [3.8, 4) is 0 Å². The van der Waals surface area contributed by atoms with E-state index in [9.17, 15) is 9.59 Å². The highest BCUT2D eigenvalue weighted by atomic mass is 16.5. The second kappa shape index (κ2) is 7.97. The molecule has 1 aromatic carbocycles. The zero-order valence-electron chi connectivity index (χ0n) is 14.2. The van der Waals surface area contributed by atoms with Gasteiger partial charge in [0.25, 0.3) is 0 Å². The van der Waals surface area contributed by atoms with E-state index in [0.29, 0.717) is 25.2 Å². The summed E-state index contributed by atoms with van der Waals surface area (Å²) >= 11 is 0. The monoisotopic (exact) mass is 306 g/mol. The molecule has 0 fully saturated rings. The van der Waals surface area contributed by atoms with Crippen LogP contribution in [0.15, 0.2) is 18.2 Å². The zero-order valence-corrected chi connectivity index (χ0v) is 14.2. The molecule has 4 nitrogen and oxygen atoms in total. The van der Waals surface area contributed by atoms with Gasteiger partial charge in [-0.05, 0) is 42.9 Å². The molecule has 0 radical (unpaired) electrons. The van der Waals surface area contributed by atoms with Crippen LogP contribution < -0.4 is 0 Å². The second-order valence-electron chi connectivity index (χ2n) is 6.15. The van der Waals surface area contributed by atoms with Gasteiger partial charge in [0, 0.05) is 6.42 Å². The highest BCUT2D eigenvalue weighted by Crippen LogP contribution is 2.25. The predicted molar refractivity (Wildman–Crippen MR) is 86.1 cm³/mol. The lowest BCUT2D eigenvalue weighted by molar-refractivity contribution is -0.143. The molecule has 0 aliphatic carbocycles. The Bertz CT molecular complexity index is 526. The molecular weight excluding hydrogens is 280 g/mol. The number of benzene rings is 1. The summed E-state index contributed by atoms with van der Waals surface area (Å²) in [5.41, 5.74) is 2.37. The van der Waals surface area contributed by atoms with Crippen LogP contribution in [0.2, 0.25) is 0 Å². The maximum absolute atomic E-state index is 12.2. The van der Waals surface area contributed by atoms with Gasteiger partial charge in [-0.3, -0.25) is 4.79 Å². The van der Waals surface area contributed by atoms with E-state index in [1.165, 1.54) is 0 Å². The quantitative estimate of drug-likeness (QED) is 0.753. The standard InChI is InChI=1S/C18H26O4/c1-6-21-16(19)11-9-13-8-10-14(18(3,4)5)12-15(13)17(20)22-7-2/h8,10,12H,6-7,9,11H2,1-5H3. The first-order chi connectivity index (χ1) is 10.3. The molecular formula is C18H26O4. The highest BCUT2D eigenvalue weighted by Gasteiger charge is 2.19. The van der Waals surface area contributed by atoms with Crippen molar-refractivity contribution in [2.24, 2.45) is 0 Å². The smallest absolute Gasteiger partial charge is 0.338 e. The van der Waals surface area contributed by atoms with E-state index in [4.69, 9.17) is 9.47 Å². The van der Waals surface area contributed by atoms with Crippen LogP contribution in [0.5, 0.6) is 0 Å². The summed E-state index contributed by atoms with van der Waals surface area (Å²) in [6.07, 6.45) is 0.729. The molecule has 0 aromatic heterocycles. The zero-order chi connectivity index (χ0) is 16.8. The van der Waals surface area contributed by atoms with Crippen molar-refractivity contribution in [1.29, 1.82) is 0 Å². The third-order valence-electron chi connectivity index (χ3n) is 3.38. The number of ether oxygens (including phenoxy) is 2. The van der Waals surface area contributed by atoms with Gasteiger partial charge in [-0.1, -0.05) is 32.9 Å². The van der Waals surface area contributed by atoms with E-state index < -0.39 is 0 Å². The molecule has 0 atom stereocenters. The Kier molecular flexibility index (Phi) is 6.60. The van der Waals surface area contributed by atoms with Crippen molar-refractivity contribution >= 4 is 11.9 Å². The van der Waals surface area contributed by atoms with Crippen LogP contribution in [0.3, 0.4) is 0 Å². The topological polar surface area (TPSA) is 52.6 Å². The fourth-order valence-electron chi connectivity index (χ4n) is 2.13. The van der Waals surface area contributed by atoms with E-state index in [1.54, 1.807) is 13.8 Å². The minimum absolute atomic E-state index is 0.0546. The van der Waals surface area contributed by atoms with Crippen LogP contribution in [-0.2, 0) is 26.1 Å². The van der Waals surface area contributed by atoms with Gasteiger partial charge in [-0.2, -0.15) is 0 Å². The molecule has 0 N–H and O–H groups in total. The van der Waals surface area contributed by atoms with E-state index >= 15 is 0 Å². The summed E-state index contributed by atoms with van der Waals surface area (Å²) in [4.78, 5) is 23.7. The average Bonchev–Trinajstić information content (AvgIpc) is 2.44. The van der Waals surface area contributed by atoms with Crippen molar-refractivity contribution in [3.05, 3.63) is 34.9 Å². The van der Waals surface area contributed by atoms with Crippen LogP contribution in [0.4, 0.5) is 0 Å². The number of carbonyl (C=O) groups excluding carboxylic acids is 2. The molecule has 0 spiro atoms. The predicted octanol–water partition coefficient (Wildman–Crippen LogP) is 3.66. The lowest BCUT2D eigenvalue weighted by atomic mass is 9.84. The number of aryl methyl sites for hydroxylation is 1. The Morgan fingerprint density at radius 2 is 1.68 bits per heavy atom. The van der Waals surface area contributed by atoms with Crippen LogP contribution in [0.25, 0.3) is 0 Å². The molecule has 4 heteroatoms. The number of carbonyl (C=O) groups is 2. The molecule has 1 aromatic rings. The minimum atomic E-state index is -0.340. The molecule has 0 saturated carbocycles. The van der Waals surface area contributed by atoms with Crippen molar-refractivity contribution in [2.75, 3.05) is 13.2 Å². The molecule has 0 unspecified atom stereocenters. The van der Waals surface area contributed by atoms with E-state index in [-0.39, 0.29) is 23.8 Å². The maximum atomic E-state index is 12.2. The van der Waals surface area contributed by atoms with Gasteiger partial charge in [-0.25, -0.2) is 4.79 Å². The number of hydrogen-bond donors (Lipinski definition) is 0. The van der Waals surface area contributed by atoms with Gasteiger partial charge >= 0.3 is 11.9 Å². The Hall–Kier alpha value is -1.84. The number of rotatable bonds is 6. The number of hydrogen-bond acceptors (Lipinski definition) is 4. The molecule has 0 saturated heterocycles. The molecule has 0 heterocycles. The minimum Gasteiger partial charge on any atom is -0.466 e. The summed E-state index contributed by atoms with van der Waals surface area (Å²) in [5.74, 6) is -0.593. The normalized spacial score (nSPS) is 11.1. The fourth-order valence-corrected chi connectivity index (χ4v) is 2.13. The van der Waals surface area contributed by atoms with E-state index in [2.05, 4.69) is 20.8 Å². The SMILES string of the molecule is CCOC(=O)CCc1ccc(C(C)(C)C)cc1C(=O)OCC. The highest BCUT2D eigenvalue weighted by molar-refractivity contribution is 5.91. The van der Waals surface area contributed by atoms with Crippen LogP contribution in [-0.4, -0.2) is 25.2 Å². The third-order valence-corrected chi connectivity index (χ3v) is 3.38. The Morgan fingerprint density at radius 1 is 1.05 bits per heavy atom. The van der Waals surface area contributed by atoms with Crippen molar-refractivity contribution in [1.82, 2.24) is 0 Å². The van der Waals surface area contributed by atoms with Gasteiger partial charge in [-0.15, -0.1) is 0 Å². The molecule has 122 valence electrons. The second-order valence-corrected chi connectivity index (χ2v) is 6.15. The number of esters is 2. The van der Waals surface area contributed by atoms with Gasteiger partial charge < -0.3 is 9.47 Å². The molecule has 0 bridgehead atoms. The lowest BCUT2D eigenvalue weighted by Crippen LogP contribution is -2.15. The first-order valence-electron chi connectivity index (χ1n) is 7.75. The van der Waals surface area contributed by atoms with Crippen molar-refractivity contribution in [3.63, 3.8) is 0 Å².